The van der Waals surface area contributed by atoms with Crippen molar-refractivity contribution in [3.63, 3.8) is 0 Å². The topological polar surface area (TPSA) is 237 Å². The van der Waals surface area contributed by atoms with Crippen molar-refractivity contribution in [2.24, 2.45) is 16.7 Å². The average Bonchev–Trinajstić information content (AvgIpc) is 0.824. The summed E-state index contributed by atoms with van der Waals surface area (Å²) < 4.78 is 43.1. The van der Waals surface area contributed by atoms with Crippen molar-refractivity contribution in [3.8, 4) is 0 Å². The number of carbonyl (C=O) groups is 7. The summed E-state index contributed by atoms with van der Waals surface area (Å²) in [6.45, 7) is 10.2. The zero-order valence-electron chi connectivity index (χ0n) is 49.0. The van der Waals surface area contributed by atoms with Gasteiger partial charge in [0, 0.05) is 37.7 Å². The second-order valence-corrected chi connectivity index (χ2v) is 23.1. The van der Waals surface area contributed by atoms with E-state index in [2.05, 4.69) is 36.5 Å². The highest BCUT2D eigenvalue weighted by atomic mass is 16.7. The molecule has 0 aromatic heterocycles. The Hall–Kier alpha value is -6.95. The summed E-state index contributed by atoms with van der Waals surface area (Å²) in [5.41, 5.74) is -7.53. The Labute approximate surface area is 487 Å². The lowest BCUT2D eigenvalue weighted by molar-refractivity contribution is -0.346. The molecule has 3 aromatic rings. The molecule has 83 heavy (non-hydrogen) atoms. The van der Waals surface area contributed by atoms with E-state index in [1.165, 1.54) is 45.2 Å². The molecule has 3 fully saturated rings. The molecule has 3 aromatic carbocycles. The number of nitrogens with one attached hydrogen (secondary N) is 1. The predicted octanol–water partition coefficient (Wildman–Crippen LogP) is 10.7. The largest absolute Gasteiger partial charge is 0.508 e. The van der Waals surface area contributed by atoms with Gasteiger partial charge >= 0.3 is 30.0 Å². The molecule has 17 nitrogen and oxygen atoms in total. The maximum Gasteiger partial charge on any atom is 0.508 e. The van der Waals surface area contributed by atoms with Crippen molar-refractivity contribution in [1.82, 2.24) is 5.32 Å². The van der Waals surface area contributed by atoms with E-state index in [9.17, 15) is 39.0 Å². The van der Waals surface area contributed by atoms with Gasteiger partial charge < -0.3 is 48.7 Å². The normalized spacial score (nSPS) is 26.9. The molecule has 4 aliphatic rings. The number of allylic oxidation sites excluding steroid dienone is 4. The van der Waals surface area contributed by atoms with E-state index in [1.807, 2.05) is 0 Å². The monoisotopic (exact) mass is 1150 g/mol. The number of rotatable bonds is 26. The molecule has 11 atom stereocenters. The van der Waals surface area contributed by atoms with Gasteiger partial charge in [0.15, 0.2) is 23.6 Å². The number of ether oxygens (including phenoxy) is 7. The number of esters is 4. The molecule has 2 saturated carbocycles. The van der Waals surface area contributed by atoms with Gasteiger partial charge in [-0.3, -0.25) is 19.2 Å². The number of ketones is 1. The third kappa shape index (κ3) is 14.4. The Bertz CT molecular complexity index is 2830. The van der Waals surface area contributed by atoms with Crippen LogP contribution in [0, 0.1) is 16.7 Å². The summed E-state index contributed by atoms with van der Waals surface area (Å²) in [4.78, 5) is 100. The standard InChI is InChI=1S/C66H83NO16/c1-8-9-10-11-12-13-14-15-16-17-18-19-20-21-22-32-39-77-62(75)81-50-40-51-65(42-78-51,83-45(4)69)56-58(82-60(73)48-37-30-25-31-38-48)66(76)41-49(43(2)52(63(66,5)6)55(79-44(3)68)57(71)64(50,56)7)80-61(74)54(70)53(46-33-26-23-27-34-46)67-59(72)47-35-28-24-29-36-47/h12-13,15-16,23-31,33-38,49-51,53-56,58,70,76H,8-11,14,17-22,32,39-42H2,1-7H3,(H,67,72)/b13-12-,16-15-/t49-,50-,51+,53-,54+,55+,56?,58?,64+,65-,66+/m0/s1. The summed E-state index contributed by atoms with van der Waals surface area (Å²) in [7, 11) is 0. The molecular formula is C66H83NO16. The fourth-order valence-electron chi connectivity index (χ4n) is 12.7. The quantitative estimate of drug-likeness (QED) is 0.0293. The van der Waals surface area contributed by atoms with Crippen LogP contribution >= 0.6 is 0 Å². The summed E-state index contributed by atoms with van der Waals surface area (Å²) in [5.74, 6) is -7.10. The number of hydrogen-bond acceptors (Lipinski definition) is 16. The number of aliphatic hydroxyl groups is 2. The van der Waals surface area contributed by atoms with Gasteiger partial charge in [-0.25, -0.2) is 14.4 Å². The van der Waals surface area contributed by atoms with Gasteiger partial charge in [0.2, 0.25) is 0 Å². The molecule has 0 radical (unpaired) electrons. The molecular weight excluding hydrogens is 1060 g/mol. The van der Waals surface area contributed by atoms with Crippen LogP contribution in [-0.2, 0) is 52.3 Å². The Kier molecular flexibility index (Phi) is 21.9. The summed E-state index contributed by atoms with van der Waals surface area (Å²) in [6, 6.07) is 22.9. The van der Waals surface area contributed by atoms with Crippen LogP contribution in [0.3, 0.4) is 0 Å². The number of amides is 1. The van der Waals surface area contributed by atoms with Crippen LogP contribution in [-0.4, -0.2) is 113 Å². The number of aliphatic hydroxyl groups excluding tert-OH is 1. The second kappa shape index (κ2) is 28.6. The van der Waals surface area contributed by atoms with Gasteiger partial charge in [0.25, 0.3) is 5.91 Å². The van der Waals surface area contributed by atoms with Crippen molar-refractivity contribution in [3.05, 3.63) is 143 Å². The van der Waals surface area contributed by atoms with Crippen molar-refractivity contribution < 1.29 is 76.9 Å². The fourth-order valence-corrected chi connectivity index (χ4v) is 12.7. The molecule has 2 bridgehead atoms. The van der Waals surface area contributed by atoms with Gasteiger partial charge in [-0.05, 0) is 93.3 Å². The SMILES string of the molecule is CCCCC/C=C\C/C=C\CCCCCCCCOC(=O)O[C@H]1C[C@H]2OC[C@@]2(OC(C)=O)C2C(OC(=O)c3ccccc3)[C@]3(O)C[C@H](OC(=O)[C@H](O)[C@@H](NC(=O)c4ccccc4)c4ccccc4)C(C)=C([C@@H](OC(C)=O)C(=O)[C@@]21C)C3(C)C. The first-order valence-corrected chi connectivity index (χ1v) is 29.4. The molecule has 1 aliphatic heterocycles. The first-order chi connectivity index (χ1) is 39.7. The second-order valence-electron chi connectivity index (χ2n) is 23.1. The van der Waals surface area contributed by atoms with Crippen LogP contribution in [0.15, 0.2) is 126 Å². The fraction of sp³-hybridized carbons (Fsp3) is 0.530. The number of benzene rings is 3. The minimum absolute atomic E-state index is 0.000634. The van der Waals surface area contributed by atoms with Crippen LogP contribution in [0.2, 0.25) is 0 Å². The molecule has 0 spiro atoms. The van der Waals surface area contributed by atoms with E-state index in [4.69, 9.17) is 33.2 Å². The van der Waals surface area contributed by atoms with E-state index in [0.29, 0.717) is 12.0 Å². The number of carbonyl (C=O) groups excluding carboxylic acids is 7. The minimum atomic E-state index is -2.48. The van der Waals surface area contributed by atoms with Crippen LogP contribution in [0.4, 0.5) is 4.79 Å². The third-order valence-corrected chi connectivity index (χ3v) is 17.3. The highest BCUT2D eigenvalue weighted by Gasteiger charge is 2.79. The van der Waals surface area contributed by atoms with E-state index < -0.39 is 119 Å². The first kappa shape index (κ1) is 63.6. The zero-order valence-corrected chi connectivity index (χ0v) is 49.0. The van der Waals surface area contributed by atoms with Crippen molar-refractivity contribution in [2.45, 2.75) is 192 Å². The molecule has 1 amide bonds. The maximum absolute atomic E-state index is 16.3. The molecule has 2 unspecified atom stereocenters. The van der Waals surface area contributed by atoms with Gasteiger partial charge in [-0.15, -0.1) is 0 Å². The predicted molar refractivity (Wildman–Crippen MR) is 307 cm³/mol. The Morgan fingerprint density at radius 2 is 1.33 bits per heavy atom. The zero-order chi connectivity index (χ0) is 60.0. The van der Waals surface area contributed by atoms with E-state index in [0.717, 1.165) is 65.2 Å². The Balaban J connectivity index is 1.20. The van der Waals surface area contributed by atoms with E-state index in [-0.39, 0.29) is 41.9 Å². The van der Waals surface area contributed by atoms with Gasteiger partial charge in [-0.2, -0.15) is 0 Å². The maximum atomic E-state index is 16.3. The smallest absolute Gasteiger partial charge is 0.456 e. The number of unbranched alkanes of at least 4 members (excludes halogenated alkanes) is 9. The van der Waals surface area contributed by atoms with Gasteiger partial charge in [-0.1, -0.05) is 150 Å². The van der Waals surface area contributed by atoms with E-state index in [1.54, 1.807) is 92.7 Å². The number of fused-ring (bicyclic) bond motifs is 5. The minimum Gasteiger partial charge on any atom is -0.456 e. The van der Waals surface area contributed by atoms with Crippen LogP contribution in [0.25, 0.3) is 0 Å². The molecule has 1 heterocycles. The Morgan fingerprint density at radius 3 is 1.92 bits per heavy atom. The van der Waals surface area contributed by atoms with Crippen LogP contribution in [0.5, 0.6) is 0 Å². The van der Waals surface area contributed by atoms with Crippen LogP contribution in [0.1, 0.15) is 171 Å². The lowest BCUT2D eigenvalue weighted by Gasteiger charge is -2.67. The molecule has 17 heteroatoms. The molecule has 3 N–H and O–H groups in total. The van der Waals surface area contributed by atoms with Crippen molar-refractivity contribution in [2.75, 3.05) is 13.2 Å². The lowest BCUT2D eigenvalue weighted by atomic mass is 9.44. The van der Waals surface area contributed by atoms with Gasteiger partial charge in [0.05, 0.1) is 36.2 Å². The highest BCUT2D eigenvalue weighted by molar-refractivity contribution is 5.96. The molecule has 448 valence electrons. The Morgan fingerprint density at radius 1 is 0.735 bits per heavy atom. The van der Waals surface area contributed by atoms with Crippen molar-refractivity contribution >= 4 is 41.7 Å². The third-order valence-electron chi connectivity index (χ3n) is 17.3. The summed E-state index contributed by atoms with van der Waals surface area (Å²) in [6.07, 6.45) is 9.05. The number of Topliss-reactive ketones (excluding diaryl/α,β-unsaturated/α-hetero) is 1. The summed E-state index contributed by atoms with van der Waals surface area (Å²) in [5, 5.41) is 28.9. The molecule has 1 saturated heterocycles. The molecule has 3 aliphatic carbocycles. The average molecular weight is 1150 g/mol. The first-order valence-electron chi connectivity index (χ1n) is 29.4. The molecule has 7 rings (SSSR count). The lowest BCUT2D eigenvalue weighted by Crippen LogP contribution is -2.82. The highest BCUT2D eigenvalue weighted by Crippen LogP contribution is 2.65. The van der Waals surface area contributed by atoms with Crippen LogP contribution < -0.4 is 5.32 Å². The van der Waals surface area contributed by atoms with E-state index >= 15 is 4.79 Å². The van der Waals surface area contributed by atoms with Crippen molar-refractivity contribution in [1.29, 1.82) is 0 Å². The summed E-state index contributed by atoms with van der Waals surface area (Å²) >= 11 is 0. The number of hydrogen-bond donors (Lipinski definition) is 3. The van der Waals surface area contributed by atoms with Gasteiger partial charge in [0.1, 0.15) is 30.0 Å².